The Morgan fingerprint density at radius 1 is 0.469 bits per heavy atom. The van der Waals surface area contributed by atoms with Crippen molar-refractivity contribution < 1.29 is 0 Å². The number of hydrogen-bond donors (Lipinski definition) is 0. The van der Waals surface area contributed by atoms with Gasteiger partial charge in [-0.2, -0.15) is 0 Å². The van der Waals surface area contributed by atoms with Gasteiger partial charge in [0, 0.05) is 33.9 Å². The normalized spacial score (nSPS) is 11.8. The highest BCUT2D eigenvalue weighted by Crippen LogP contribution is 2.36. The van der Waals surface area contributed by atoms with E-state index in [0.717, 1.165) is 55.5 Å². The van der Waals surface area contributed by atoms with E-state index in [1.54, 1.807) is 0 Å². The molecule has 2 aromatic carbocycles. The monoisotopic (exact) mass is 411 g/mol. The molecule has 0 radical (unpaired) electrons. The highest BCUT2D eigenvalue weighted by Gasteiger charge is 2.19. The molecular formula is C27H17N5. The molecule has 5 heterocycles. The van der Waals surface area contributed by atoms with Gasteiger partial charge in [-0.25, -0.2) is 15.0 Å². The lowest BCUT2D eigenvalue weighted by molar-refractivity contribution is 1.04. The zero-order valence-electron chi connectivity index (χ0n) is 17.1. The molecule has 5 heteroatoms. The third-order valence-corrected chi connectivity index (χ3v) is 6.03. The molecule has 0 fully saturated rings. The van der Waals surface area contributed by atoms with Crippen molar-refractivity contribution >= 4 is 43.9 Å². The molecular weight excluding hydrogens is 394 g/mol. The third kappa shape index (κ3) is 2.30. The molecule has 0 bridgehead atoms. The van der Waals surface area contributed by atoms with E-state index in [1.165, 1.54) is 0 Å². The first-order chi connectivity index (χ1) is 15.9. The maximum atomic E-state index is 5.25. The van der Waals surface area contributed by atoms with Gasteiger partial charge in [-0.05, 0) is 42.5 Å². The largest absolute Gasteiger partial charge is 0.278 e. The minimum absolute atomic E-state index is 0.853. The molecule has 5 aromatic heterocycles. The summed E-state index contributed by atoms with van der Waals surface area (Å²) < 4.78 is 4.29. The summed E-state index contributed by atoms with van der Waals surface area (Å²) in [4.78, 5) is 14.5. The molecule has 0 saturated carbocycles. The number of hydrogen-bond acceptors (Lipinski definition) is 3. The second-order valence-electron chi connectivity index (χ2n) is 7.81. The lowest BCUT2D eigenvalue weighted by Crippen LogP contribution is -2.00. The smallest absolute Gasteiger partial charge is 0.149 e. The first-order valence-electron chi connectivity index (χ1n) is 10.6. The second-order valence-corrected chi connectivity index (χ2v) is 7.81. The Morgan fingerprint density at radius 2 is 0.938 bits per heavy atom. The molecule has 5 nitrogen and oxygen atoms in total. The van der Waals surface area contributed by atoms with Crippen LogP contribution in [0.4, 0.5) is 0 Å². The highest BCUT2D eigenvalue weighted by molar-refractivity contribution is 6.16. The molecule has 7 aromatic rings. The van der Waals surface area contributed by atoms with Crippen LogP contribution in [-0.4, -0.2) is 24.1 Å². The Kier molecular flexibility index (Phi) is 3.49. The fourth-order valence-electron chi connectivity index (χ4n) is 4.69. The van der Waals surface area contributed by atoms with Crippen LogP contribution in [-0.2, 0) is 0 Å². The highest BCUT2D eigenvalue weighted by atomic mass is 15.2. The van der Waals surface area contributed by atoms with Crippen molar-refractivity contribution in [3.63, 3.8) is 0 Å². The van der Waals surface area contributed by atoms with Gasteiger partial charge in [0.15, 0.2) is 0 Å². The van der Waals surface area contributed by atoms with E-state index < -0.39 is 0 Å². The lowest BCUT2D eigenvalue weighted by atomic mass is 10.1. The van der Waals surface area contributed by atoms with Gasteiger partial charge in [0.1, 0.15) is 22.9 Å². The van der Waals surface area contributed by atoms with Crippen LogP contribution in [0.15, 0.2) is 103 Å². The Bertz CT molecular complexity index is 1630. The molecule has 0 unspecified atom stereocenters. The number of benzene rings is 2. The van der Waals surface area contributed by atoms with Crippen LogP contribution in [0.5, 0.6) is 0 Å². The summed E-state index contributed by atoms with van der Waals surface area (Å²) in [7, 11) is 0. The van der Waals surface area contributed by atoms with Crippen molar-refractivity contribution in [2.45, 2.75) is 0 Å². The Hall–Kier alpha value is -4.51. The molecule has 7 rings (SSSR count). The minimum atomic E-state index is 0.853. The number of aromatic nitrogens is 5. The number of rotatable bonds is 2. The summed E-state index contributed by atoms with van der Waals surface area (Å²) in [6.07, 6.45) is 3.64. The first kappa shape index (κ1) is 17.2. The van der Waals surface area contributed by atoms with Crippen LogP contribution < -0.4 is 0 Å². The molecule has 0 saturated heterocycles. The predicted molar refractivity (Wildman–Crippen MR) is 129 cm³/mol. The summed E-state index contributed by atoms with van der Waals surface area (Å²) in [5.41, 5.74) is 3.96. The summed E-state index contributed by atoms with van der Waals surface area (Å²) >= 11 is 0. The number of pyridine rings is 3. The van der Waals surface area contributed by atoms with Crippen molar-refractivity contribution in [2.75, 3.05) is 0 Å². The average Bonchev–Trinajstić information content (AvgIpc) is 3.36. The summed E-state index contributed by atoms with van der Waals surface area (Å²) in [5.74, 6) is 1.71. The van der Waals surface area contributed by atoms with E-state index in [-0.39, 0.29) is 0 Å². The minimum Gasteiger partial charge on any atom is -0.278 e. The van der Waals surface area contributed by atoms with Gasteiger partial charge in [0.05, 0.1) is 11.0 Å². The maximum Gasteiger partial charge on any atom is 0.149 e. The van der Waals surface area contributed by atoms with E-state index in [0.29, 0.717) is 0 Å². The van der Waals surface area contributed by atoms with E-state index in [4.69, 9.17) is 4.98 Å². The van der Waals surface area contributed by atoms with Crippen LogP contribution >= 0.6 is 0 Å². The molecule has 0 atom stereocenters. The Morgan fingerprint density at radius 3 is 1.41 bits per heavy atom. The number of nitrogens with zero attached hydrogens (tertiary/aromatic N) is 5. The van der Waals surface area contributed by atoms with Crippen LogP contribution in [0.3, 0.4) is 0 Å². The van der Waals surface area contributed by atoms with Gasteiger partial charge in [-0.1, -0.05) is 48.5 Å². The average molecular weight is 411 g/mol. The van der Waals surface area contributed by atoms with Gasteiger partial charge in [0.2, 0.25) is 0 Å². The zero-order chi connectivity index (χ0) is 21.1. The van der Waals surface area contributed by atoms with Gasteiger partial charge in [-0.3, -0.25) is 9.13 Å². The molecule has 0 aliphatic heterocycles. The lowest BCUT2D eigenvalue weighted by Gasteiger charge is -2.07. The molecule has 0 amide bonds. The summed E-state index contributed by atoms with van der Waals surface area (Å²) in [6.45, 7) is 0. The van der Waals surface area contributed by atoms with Crippen molar-refractivity contribution in [3.8, 4) is 11.6 Å². The predicted octanol–water partition coefficient (Wildman–Crippen LogP) is 6.07. The number of para-hydroxylation sites is 2. The van der Waals surface area contributed by atoms with Crippen molar-refractivity contribution in [1.82, 2.24) is 24.1 Å². The SMILES string of the molecule is c1ccc(-n2c3ccccc3c3cc4c5ccccc5n(-c5ccccn5)c4nc32)nc1. The van der Waals surface area contributed by atoms with Crippen molar-refractivity contribution in [1.29, 1.82) is 0 Å². The van der Waals surface area contributed by atoms with Crippen LogP contribution in [0, 0.1) is 0 Å². The van der Waals surface area contributed by atoms with E-state index in [2.05, 4.69) is 73.7 Å². The summed E-state index contributed by atoms with van der Waals surface area (Å²) in [6, 6.07) is 31.0. The topological polar surface area (TPSA) is 48.5 Å². The van der Waals surface area contributed by atoms with Crippen molar-refractivity contribution in [2.24, 2.45) is 0 Å². The number of fused-ring (bicyclic) bond motifs is 6. The standard InChI is InChI=1S/C27H17N5/c1-3-11-22-18(9-1)20-17-21-19-10-2-4-12-23(19)32(25-14-6-8-16-29-25)27(21)30-26(20)31(22)24-13-5-7-15-28-24/h1-17H. The summed E-state index contributed by atoms with van der Waals surface area (Å²) in [5, 5.41) is 4.56. The fraction of sp³-hybridized carbons (Fsp3) is 0. The quantitative estimate of drug-likeness (QED) is 0.347. The zero-order valence-corrected chi connectivity index (χ0v) is 17.1. The molecule has 0 aliphatic carbocycles. The maximum absolute atomic E-state index is 5.25. The first-order valence-corrected chi connectivity index (χ1v) is 10.6. The van der Waals surface area contributed by atoms with Gasteiger partial charge in [-0.15, -0.1) is 0 Å². The Balaban J connectivity index is 1.71. The van der Waals surface area contributed by atoms with Gasteiger partial charge in [0.25, 0.3) is 0 Å². The molecule has 150 valence electrons. The van der Waals surface area contributed by atoms with Crippen molar-refractivity contribution in [3.05, 3.63) is 103 Å². The molecule has 0 N–H and O–H groups in total. The second kappa shape index (κ2) is 6.49. The molecule has 0 spiro atoms. The van der Waals surface area contributed by atoms with Crippen LogP contribution in [0.2, 0.25) is 0 Å². The third-order valence-electron chi connectivity index (χ3n) is 6.03. The molecule has 32 heavy (non-hydrogen) atoms. The van der Waals surface area contributed by atoms with Crippen LogP contribution in [0.1, 0.15) is 0 Å². The van der Waals surface area contributed by atoms with Crippen LogP contribution in [0.25, 0.3) is 55.5 Å². The van der Waals surface area contributed by atoms with E-state index >= 15 is 0 Å². The van der Waals surface area contributed by atoms with Gasteiger partial charge >= 0.3 is 0 Å². The van der Waals surface area contributed by atoms with Gasteiger partial charge < -0.3 is 0 Å². The fourth-order valence-corrected chi connectivity index (χ4v) is 4.69. The van der Waals surface area contributed by atoms with E-state index in [9.17, 15) is 0 Å². The van der Waals surface area contributed by atoms with E-state index in [1.807, 2.05) is 48.8 Å². The Labute approximate surface area is 183 Å². The molecule has 0 aliphatic rings.